The number of carbonyl (C=O) groups excluding carboxylic acids is 1. The van der Waals surface area contributed by atoms with E-state index in [-0.39, 0.29) is 22.4 Å². The second kappa shape index (κ2) is 9.33. The normalized spacial score (nSPS) is 11.0. The maximum Gasteiger partial charge on any atom is 0.263 e. The Bertz CT molecular complexity index is 1150. The summed E-state index contributed by atoms with van der Waals surface area (Å²) in [6, 6.07) is 10.8. The number of anilines is 2. The smallest absolute Gasteiger partial charge is 0.263 e. The van der Waals surface area contributed by atoms with Gasteiger partial charge in [-0.25, -0.2) is 13.4 Å². The Labute approximate surface area is 182 Å². The van der Waals surface area contributed by atoms with E-state index >= 15 is 0 Å². The molecule has 2 aromatic carbocycles. The van der Waals surface area contributed by atoms with Gasteiger partial charge in [0.2, 0.25) is 5.91 Å². The van der Waals surface area contributed by atoms with Crippen LogP contribution in [0.2, 0.25) is 5.02 Å². The number of hydrogen-bond acceptors (Lipinski definition) is 7. The molecule has 1 amide bonds. The highest BCUT2D eigenvalue weighted by Crippen LogP contribution is 2.29. The van der Waals surface area contributed by atoms with Crippen molar-refractivity contribution >= 4 is 49.7 Å². The monoisotopic (exact) mass is 467 g/mol. The lowest BCUT2D eigenvalue weighted by molar-refractivity contribution is -0.115. The Morgan fingerprint density at radius 3 is 2.53 bits per heavy atom. The molecule has 2 N–H and O–H groups in total. The Balaban J connectivity index is 1.67. The predicted molar refractivity (Wildman–Crippen MR) is 116 cm³/mol. The van der Waals surface area contributed by atoms with Crippen molar-refractivity contribution in [1.82, 2.24) is 4.98 Å². The van der Waals surface area contributed by atoms with Crippen LogP contribution in [0.4, 0.5) is 10.8 Å². The molecule has 30 heavy (non-hydrogen) atoms. The number of thiazole rings is 1. The number of halogens is 1. The van der Waals surface area contributed by atoms with Gasteiger partial charge in [-0.15, -0.1) is 11.3 Å². The Morgan fingerprint density at radius 2 is 1.87 bits per heavy atom. The molecule has 8 nitrogen and oxygen atoms in total. The average Bonchev–Trinajstić information content (AvgIpc) is 3.13. The first-order chi connectivity index (χ1) is 14.3. The summed E-state index contributed by atoms with van der Waals surface area (Å²) in [5.74, 6) is 0.719. The molecule has 0 unspecified atom stereocenters. The molecule has 0 atom stereocenters. The molecule has 3 rings (SSSR count). The molecule has 1 heterocycles. The molecule has 0 aliphatic carbocycles. The summed E-state index contributed by atoms with van der Waals surface area (Å²) in [4.78, 5) is 16.6. The zero-order valence-electron chi connectivity index (χ0n) is 16.0. The van der Waals surface area contributed by atoms with Crippen LogP contribution in [0.1, 0.15) is 5.69 Å². The van der Waals surface area contributed by atoms with Crippen LogP contribution in [0.3, 0.4) is 0 Å². The molecule has 0 bridgehead atoms. The first-order valence-electron chi connectivity index (χ1n) is 8.55. The molecule has 158 valence electrons. The van der Waals surface area contributed by atoms with Gasteiger partial charge in [-0.1, -0.05) is 11.6 Å². The van der Waals surface area contributed by atoms with Crippen molar-refractivity contribution in [2.45, 2.75) is 11.3 Å². The highest BCUT2D eigenvalue weighted by Gasteiger charge is 2.17. The van der Waals surface area contributed by atoms with Crippen LogP contribution in [-0.2, 0) is 21.2 Å². The van der Waals surface area contributed by atoms with Crippen molar-refractivity contribution in [1.29, 1.82) is 0 Å². The Morgan fingerprint density at radius 1 is 1.13 bits per heavy atom. The average molecular weight is 468 g/mol. The van der Waals surface area contributed by atoms with Gasteiger partial charge in [0, 0.05) is 16.5 Å². The fourth-order valence-corrected chi connectivity index (χ4v) is 4.58. The fourth-order valence-electron chi connectivity index (χ4n) is 2.49. The van der Waals surface area contributed by atoms with Gasteiger partial charge in [0.25, 0.3) is 10.0 Å². The molecule has 0 radical (unpaired) electrons. The summed E-state index contributed by atoms with van der Waals surface area (Å²) < 4.78 is 37.6. The van der Waals surface area contributed by atoms with Crippen LogP contribution in [0, 0.1) is 0 Å². The number of ether oxygens (including phenoxy) is 2. The van der Waals surface area contributed by atoms with Gasteiger partial charge in [-0.3, -0.25) is 9.52 Å². The number of hydrogen-bond donors (Lipinski definition) is 2. The van der Waals surface area contributed by atoms with E-state index in [9.17, 15) is 13.2 Å². The largest absolute Gasteiger partial charge is 0.497 e. The summed E-state index contributed by atoms with van der Waals surface area (Å²) in [5.41, 5.74) is 0.883. The number of rotatable bonds is 8. The van der Waals surface area contributed by atoms with Gasteiger partial charge in [0.1, 0.15) is 11.5 Å². The lowest BCUT2D eigenvalue weighted by atomic mass is 10.2. The molecule has 11 heteroatoms. The number of nitrogens with zero attached hydrogens (tertiary/aromatic N) is 1. The summed E-state index contributed by atoms with van der Waals surface area (Å²) in [6.07, 6.45) is -0.0421. The van der Waals surface area contributed by atoms with Crippen LogP contribution in [-0.4, -0.2) is 33.5 Å². The number of sulfonamides is 1. The van der Waals surface area contributed by atoms with E-state index in [2.05, 4.69) is 15.0 Å². The van der Waals surface area contributed by atoms with Crippen molar-refractivity contribution in [3.8, 4) is 11.5 Å². The summed E-state index contributed by atoms with van der Waals surface area (Å²) in [6.45, 7) is 0. The third-order valence-corrected chi connectivity index (χ3v) is 6.46. The SMILES string of the molecule is COc1ccc(OC)c(NC(=O)Cc2csc(NS(=O)(=O)c3ccc(Cl)cc3)n2)c1. The van der Waals surface area contributed by atoms with Crippen molar-refractivity contribution < 1.29 is 22.7 Å². The minimum Gasteiger partial charge on any atom is -0.497 e. The minimum absolute atomic E-state index is 0.0421. The van der Waals surface area contributed by atoms with Gasteiger partial charge < -0.3 is 14.8 Å². The number of amides is 1. The van der Waals surface area contributed by atoms with Crippen LogP contribution < -0.4 is 19.5 Å². The van der Waals surface area contributed by atoms with Gasteiger partial charge in [0.05, 0.1) is 36.9 Å². The molecule has 0 aliphatic heterocycles. The number of nitrogens with one attached hydrogen (secondary N) is 2. The van der Waals surface area contributed by atoms with E-state index in [4.69, 9.17) is 21.1 Å². The third kappa shape index (κ3) is 5.41. The van der Waals surface area contributed by atoms with Crippen molar-refractivity contribution in [3.63, 3.8) is 0 Å². The maximum atomic E-state index is 12.4. The summed E-state index contributed by atoms with van der Waals surface area (Å²) in [5, 5.41) is 4.95. The molecular formula is C19H18ClN3O5S2. The van der Waals surface area contributed by atoms with E-state index in [0.29, 0.717) is 27.9 Å². The Kier molecular flexibility index (Phi) is 6.80. The van der Waals surface area contributed by atoms with Crippen LogP contribution in [0.25, 0.3) is 0 Å². The molecule has 0 aliphatic rings. The van der Waals surface area contributed by atoms with Crippen molar-refractivity contribution in [3.05, 3.63) is 58.6 Å². The highest BCUT2D eigenvalue weighted by atomic mass is 35.5. The van der Waals surface area contributed by atoms with Gasteiger partial charge in [-0.2, -0.15) is 0 Å². The fraction of sp³-hybridized carbons (Fsp3) is 0.158. The second-order valence-corrected chi connectivity index (χ2v) is 8.97. The van der Waals surface area contributed by atoms with E-state index in [1.807, 2.05) is 0 Å². The Hall–Kier alpha value is -2.82. The van der Waals surface area contributed by atoms with Crippen molar-refractivity contribution in [2.24, 2.45) is 0 Å². The van der Waals surface area contributed by atoms with E-state index in [1.165, 1.54) is 38.5 Å². The highest BCUT2D eigenvalue weighted by molar-refractivity contribution is 7.93. The van der Waals surface area contributed by atoms with Crippen LogP contribution >= 0.6 is 22.9 Å². The molecule has 0 saturated carbocycles. The molecule has 0 fully saturated rings. The molecular weight excluding hydrogens is 450 g/mol. The number of aromatic nitrogens is 1. The molecule has 3 aromatic rings. The molecule has 0 saturated heterocycles. The van der Waals surface area contributed by atoms with Crippen molar-refractivity contribution in [2.75, 3.05) is 24.3 Å². The predicted octanol–water partition coefficient (Wildman–Crippen LogP) is 3.80. The minimum atomic E-state index is -3.80. The maximum absolute atomic E-state index is 12.4. The molecule has 0 spiro atoms. The zero-order valence-corrected chi connectivity index (χ0v) is 18.4. The van der Waals surface area contributed by atoms with E-state index < -0.39 is 10.0 Å². The van der Waals surface area contributed by atoms with Gasteiger partial charge >= 0.3 is 0 Å². The third-order valence-electron chi connectivity index (χ3n) is 3.92. The summed E-state index contributed by atoms with van der Waals surface area (Å²) >= 11 is 6.87. The van der Waals surface area contributed by atoms with E-state index in [0.717, 1.165) is 11.3 Å². The first-order valence-corrected chi connectivity index (χ1v) is 11.3. The first kappa shape index (κ1) is 21.9. The van der Waals surface area contributed by atoms with Crippen LogP contribution in [0.5, 0.6) is 11.5 Å². The number of benzene rings is 2. The van der Waals surface area contributed by atoms with Crippen LogP contribution in [0.15, 0.2) is 52.7 Å². The zero-order chi connectivity index (χ0) is 21.7. The quantitative estimate of drug-likeness (QED) is 0.522. The number of carbonyl (C=O) groups is 1. The lowest BCUT2D eigenvalue weighted by Gasteiger charge is -2.11. The molecule has 1 aromatic heterocycles. The second-order valence-electron chi connectivity index (χ2n) is 5.99. The lowest BCUT2D eigenvalue weighted by Crippen LogP contribution is -2.16. The number of methoxy groups -OCH3 is 2. The topological polar surface area (TPSA) is 107 Å². The standard InChI is InChI=1S/C19H18ClN3O5S2/c1-27-14-5-8-17(28-2)16(10-14)22-18(24)9-13-11-29-19(21-13)23-30(25,26)15-6-3-12(20)4-7-15/h3-8,10-11H,9H2,1-2H3,(H,21,23)(H,22,24). The van der Waals surface area contributed by atoms with E-state index in [1.54, 1.807) is 23.6 Å². The van der Waals surface area contributed by atoms with Gasteiger partial charge in [0.15, 0.2) is 5.13 Å². The van der Waals surface area contributed by atoms with Gasteiger partial charge in [-0.05, 0) is 36.4 Å². The summed E-state index contributed by atoms with van der Waals surface area (Å²) in [7, 11) is -0.782.